The molecule has 3 rings (SSSR count). The van der Waals surface area contributed by atoms with Crippen LogP contribution in [0, 0.1) is 0 Å². The van der Waals surface area contributed by atoms with Crippen molar-refractivity contribution in [3.63, 3.8) is 0 Å². The van der Waals surface area contributed by atoms with Crippen LogP contribution < -0.4 is 0 Å². The zero-order valence-electron chi connectivity index (χ0n) is 13.8. The van der Waals surface area contributed by atoms with Crippen molar-refractivity contribution < 1.29 is 14.6 Å². The molecule has 2 fully saturated rings. The van der Waals surface area contributed by atoms with Gasteiger partial charge in [-0.1, -0.05) is 0 Å². The molecule has 0 aliphatic carbocycles. The minimum atomic E-state index is -0.759. The van der Waals surface area contributed by atoms with E-state index in [1.807, 2.05) is 17.0 Å². The summed E-state index contributed by atoms with van der Waals surface area (Å²) in [5.74, 6) is 0.0388. The SMILES string of the molecule is COCc1ccc(C(=O)N2CCC[C@@](O)(CN3CCCC3)C2)s1. The molecule has 0 saturated carbocycles. The topological polar surface area (TPSA) is 53.0 Å². The number of methoxy groups -OCH3 is 1. The smallest absolute Gasteiger partial charge is 0.264 e. The maximum absolute atomic E-state index is 12.7. The van der Waals surface area contributed by atoms with Gasteiger partial charge in [0.15, 0.2) is 0 Å². The first-order valence-corrected chi connectivity index (χ1v) is 9.23. The number of aliphatic hydroxyl groups is 1. The molecule has 0 radical (unpaired) electrons. The van der Waals surface area contributed by atoms with Gasteiger partial charge in [-0.05, 0) is 50.9 Å². The van der Waals surface area contributed by atoms with E-state index in [1.54, 1.807) is 7.11 Å². The molecule has 0 unspecified atom stereocenters. The molecule has 0 bridgehead atoms. The lowest BCUT2D eigenvalue weighted by Gasteiger charge is -2.41. The van der Waals surface area contributed by atoms with Crippen molar-refractivity contribution in [1.82, 2.24) is 9.80 Å². The van der Waals surface area contributed by atoms with Gasteiger partial charge in [-0.3, -0.25) is 4.79 Å². The second-order valence-corrected chi connectivity index (χ2v) is 7.91. The van der Waals surface area contributed by atoms with Crippen molar-refractivity contribution in [3.05, 3.63) is 21.9 Å². The Morgan fingerprint density at radius 2 is 2.09 bits per heavy atom. The summed E-state index contributed by atoms with van der Waals surface area (Å²) in [6, 6.07) is 3.82. The molecule has 1 aromatic rings. The molecule has 0 aromatic carbocycles. The summed E-state index contributed by atoms with van der Waals surface area (Å²) in [7, 11) is 1.66. The molecule has 2 aliphatic heterocycles. The number of carbonyl (C=O) groups is 1. The van der Waals surface area contributed by atoms with Crippen LogP contribution in [0.15, 0.2) is 12.1 Å². The predicted molar refractivity (Wildman–Crippen MR) is 90.8 cm³/mol. The molecule has 23 heavy (non-hydrogen) atoms. The summed E-state index contributed by atoms with van der Waals surface area (Å²) in [6.45, 7) is 4.55. The Kier molecular flexibility index (Phi) is 5.36. The van der Waals surface area contributed by atoms with Gasteiger partial charge >= 0.3 is 0 Å². The van der Waals surface area contributed by atoms with Crippen LogP contribution >= 0.6 is 11.3 Å². The van der Waals surface area contributed by atoms with Gasteiger partial charge in [-0.2, -0.15) is 0 Å². The number of hydrogen-bond acceptors (Lipinski definition) is 5. The van der Waals surface area contributed by atoms with E-state index in [4.69, 9.17) is 4.74 Å². The molecule has 6 heteroatoms. The van der Waals surface area contributed by atoms with Crippen molar-refractivity contribution in [2.45, 2.75) is 37.9 Å². The van der Waals surface area contributed by atoms with Crippen molar-refractivity contribution in [2.24, 2.45) is 0 Å². The first kappa shape index (κ1) is 16.9. The van der Waals surface area contributed by atoms with Gasteiger partial charge in [0.25, 0.3) is 5.91 Å². The zero-order valence-corrected chi connectivity index (χ0v) is 14.6. The number of likely N-dealkylation sites (tertiary alicyclic amines) is 2. The Morgan fingerprint density at radius 3 is 2.83 bits per heavy atom. The fraction of sp³-hybridized carbons (Fsp3) is 0.706. The third-order valence-electron chi connectivity index (χ3n) is 4.72. The van der Waals surface area contributed by atoms with Crippen LogP contribution in [-0.4, -0.2) is 66.2 Å². The highest BCUT2D eigenvalue weighted by atomic mass is 32.1. The lowest BCUT2D eigenvalue weighted by atomic mass is 9.92. The van der Waals surface area contributed by atoms with E-state index in [1.165, 1.54) is 24.2 Å². The Bertz CT molecular complexity index is 542. The molecule has 5 nitrogen and oxygen atoms in total. The van der Waals surface area contributed by atoms with Crippen LogP contribution in [-0.2, 0) is 11.3 Å². The Hall–Kier alpha value is -0.950. The first-order chi connectivity index (χ1) is 11.1. The summed E-state index contributed by atoms with van der Waals surface area (Å²) < 4.78 is 5.11. The summed E-state index contributed by atoms with van der Waals surface area (Å²) in [4.78, 5) is 18.7. The fourth-order valence-corrected chi connectivity index (χ4v) is 4.59. The highest BCUT2D eigenvalue weighted by Gasteiger charge is 2.37. The summed E-state index contributed by atoms with van der Waals surface area (Å²) >= 11 is 1.48. The van der Waals surface area contributed by atoms with E-state index >= 15 is 0 Å². The number of hydrogen-bond donors (Lipinski definition) is 1. The van der Waals surface area contributed by atoms with Crippen molar-refractivity contribution in [1.29, 1.82) is 0 Å². The number of carbonyl (C=O) groups excluding carboxylic acids is 1. The van der Waals surface area contributed by atoms with Gasteiger partial charge in [0, 0.05) is 25.1 Å². The van der Waals surface area contributed by atoms with Crippen LogP contribution in [0.25, 0.3) is 0 Å². The van der Waals surface area contributed by atoms with Crippen LogP contribution in [0.3, 0.4) is 0 Å². The van der Waals surface area contributed by atoms with Crippen LogP contribution in [0.2, 0.25) is 0 Å². The first-order valence-electron chi connectivity index (χ1n) is 8.41. The average molecular weight is 338 g/mol. The largest absolute Gasteiger partial charge is 0.387 e. The van der Waals surface area contributed by atoms with Gasteiger partial charge in [0.1, 0.15) is 0 Å². The van der Waals surface area contributed by atoms with Gasteiger partial charge in [0.2, 0.25) is 0 Å². The highest BCUT2D eigenvalue weighted by Crippen LogP contribution is 2.27. The molecule has 1 atom stereocenters. The van der Waals surface area contributed by atoms with E-state index in [2.05, 4.69) is 4.90 Å². The van der Waals surface area contributed by atoms with E-state index in [0.717, 1.165) is 42.2 Å². The molecule has 2 saturated heterocycles. The zero-order chi connectivity index (χ0) is 16.3. The Labute approximate surface area is 141 Å². The molecule has 1 aromatic heterocycles. The monoisotopic (exact) mass is 338 g/mol. The second-order valence-electron chi connectivity index (χ2n) is 6.74. The van der Waals surface area contributed by atoms with E-state index in [0.29, 0.717) is 19.7 Å². The maximum Gasteiger partial charge on any atom is 0.264 e. The number of piperidine rings is 1. The molecule has 1 N–H and O–H groups in total. The van der Waals surface area contributed by atoms with E-state index in [9.17, 15) is 9.90 Å². The third-order valence-corrected chi connectivity index (χ3v) is 5.76. The number of β-amino-alcohol motifs (C(OH)–C–C–N with tert-alkyl or cyclic N) is 1. The predicted octanol–water partition coefficient (Wildman–Crippen LogP) is 1.96. The van der Waals surface area contributed by atoms with Crippen LogP contribution in [0.5, 0.6) is 0 Å². The maximum atomic E-state index is 12.7. The standard InChI is InChI=1S/C17H26N2O3S/c1-22-11-14-5-6-15(23-14)16(20)19-10-4-7-17(21,13-19)12-18-8-2-3-9-18/h5-6,21H,2-4,7-13H2,1H3/t17-/m1/s1. The molecule has 1 amide bonds. The lowest BCUT2D eigenvalue weighted by Crippen LogP contribution is -2.55. The molecular formula is C17H26N2O3S. The number of amides is 1. The summed E-state index contributed by atoms with van der Waals surface area (Å²) in [5, 5.41) is 10.9. The summed E-state index contributed by atoms with van der Waals surface area (Å²) in [5.41, 5.74) is -0.759. The number of thiophene rings is 1. The van der Waals surface area contributed by atoms with Crippen molar-refractivity contribution in [2.75, 3.05) is 39.8 Å². The van der Waals surface area contributed by atoms with Gasteiger partial charge in [-0.25, -0.2) is 0 Å². The Morgan fingerprint density at radius 1 is 1.30 bits per heavy atom. The average Bonchev–Trinajstić information content (AvgIpc) is 3.18. The fourth-order valence-electron chi connectivity index (χ4n) is 3.64. The number of rotatable bonds is 5. The quantitative estimate of drug-likeness (QED) is 0.892. The normalized spacial score (nSPS) is 25.9. The van der Waals surface area contributed by atoms with Gasteiger partial charge in [0.05, 0.1) is 23.6 Å². The van der Waals surface area contributed by atoms with Crippen molar-refractivity contribution in [3.8, 4) is 0 Å². The van der Waals surface area contributed by atoms with Crippen LogP contribution in [0.1, 0.15) is 40.2 Å². The molecule has 3 heterocycles. The summed E-state index contributed by atoms with van der Waals surface area (Å²) in [6.07, 6.45) is 4.09. The molecule has 0 spiro atoms. The number of nitrogens with zero attached hydrogens (tertiary/aromatic N) is 2. The van der Waals surface area contributed by atoms with Gasteiger partial charge < -0.3 is 19.6 Å². The van der Waals surface area contributed by atoms with Crippen LogP contribution in [0.4, 0.5) is 0 Å². The number of ether oxygens (including phenoxy) is 1. The minimum absolute atomic E-state index is 0.0388. The van der Waals surface area contributed by atoms with Gasteiger partial charge in [-0.15, -0.1) is 11.3 Å². The van der Waals surface area contributed by atoms with E-state index < -0.39 is 5.60 Å². The molecule has 2 aliphatic rings. The third kappa shape index (κ3) is 4.12. The lowest BCUT2D eigenvalue weighted by molar-refractivity contribution is -0.0430. The molecule has 128 valence electrons. The highest BCUT2D eigenvalue weighted by molar-refractivity contribution is 7.14. The Balaban J connectivity index is 1.63. The van der Waals surface area contributed by atoms with Crippen molar-refractivity contribution >= 4 is 17.2 Å². The second kappa shape index (κ2) is 7.30. The molecular weight excluding hydrogens is 312 g/mol. The van der Waals surface area contributed by atoms with E-state index in [-0.39, 0.29) is 5.91 Å². The minimum Gasteiger partial charge on any atom is -0.387 e.